The summed E-state index contributed by atoms with van der Waals surface area (Å²) in [5, 5.41) is 3.38. The van der Waals surface area contributed by atoms with E-state index in [1.165, 1.54) is 24.2 Å². The molecule has 96 valence electrons. The van der Waals surface area contributed by atoms with Gasteiger partial charge in [-0.25, -0.2) is 0 Å². The maximum Gasteiger partial charge on any atom is 0.246 e. The van der Waals surface area contributed by atoms with Gasteiger partial charge in [0.25, 0.3) is 0 Å². The smallest absolute Gasteiger partial charge is 0.246 e. The summed E-state index contributed by atoms with van der Waals surface area (Å²) in [7, 11) is 1.57. The summed E-state index contributed by atoms with van der Waals surface area (Å²) in [6.07, 6.45) is 6.39. The lowest BCUT2D eigenvalue weighted by Gasteiger charge is -2.30. The lowest BCUT2D eigenvalue weighted by molar-refractivity contribution is -0.137. The van der Waals surface area contributed by atoms with E-state index >= 15 is 0 Å². The van der Waals surface area contributed by atoms with Crippen LogP contribution in [0.3, 0.4) is 0 Å². The minimum absolute atomic E-state index is 0.0599. The van der Waals surface area contributed by atoms with E-state index in [0.717, 1.165) is 18.8 Å². The van der Waals surface area contributed by atoms with Crippen molar-refractivity contribution in [3.63, 3.8) is 0 Å². The van der Waals surface area contributed by atoms with Crippen LogP contribution in [-0.2, 0) is 9.59 Å². The normalized spacial score (nSPS) is 34.5. The first-order chi connectivity index (χ1) is 8.11. The van der Waals surface area contributed by atoms with Crippen molar-refractivity contribution in [2.45, 2.75) is 57.5 Å². The Morgan fingerprint density at radius 3 is 2.71 bits per heavy atom. The average molecular weight is 238 g/mol. The Morgan fingerprint density at radius 1 is 1.35 bits per heavy atom. The van der Waals surface area contributed by atoms with Crippen molar-refractivity contribution in [2.75, 3.05) is 7.05 Å². The summed E-state index contributed by atoms with van der Waals surface area (Å²) < 4.78 is 0. The van der Waals surface area contributed by atoms with Gasteiger partial charge in [0.2, 0.25) is 11.8 Å². The number of imide groups is 1. The average Bonchev–Trinajstić information content (AvgIpc) is 2.57. The molecule has 4 heteroatoms. The van der Waals surface area contributed by atoms with Crippen LogP contribution in [0, 0.1) is 5.92 Å². The highest BCUT2D eigenvalue weighted by Gasteiger charge is 2.37. The molecular weight excluding hydrogens is 216 g/mol. The molecule has 4 nitrogen and oxygen atoms in total. The van der Waals surface area contributed by atoms with Crippen LogP contribution in [0.25, 0.3) is 0 Å². The van der Waals surface area contributed by atoms with Crippen molar-refractivity contribution in [2.24, 2.45) is 5.92 Å². The maximum atomic E-state index is 11.8. The molecule has 1 heterocycles. The number of hydrogen-bond donors (Lipinski definition) is 1. The molecule has 3 atom stereocenters. The molecule has 2 amide bonds. The van der Waals surface area contributed by atoms with Gasteiger partial charge in [0.1, 0.15) is 0 Å². The molecule has 0 spiro atoms. The number of rotatable bonds is 3. The molecule has 3 unspecified atom stereocenters. The number of likely N-dealkylation sites (tertiary alicyclic amines) is 1. The van der Waals surface area contributed by atoms with E-state index < -0.39 is 0 Å². The Morgan fingerprint density at radius 2 is 2.12 bits per heavy atom. The highest BCUT2D eigenvalue weighted by molar-refractivity contribution is 6.05. The number of hydrogen-bond acceptors (Lipinski definition) is 3. The van der Waals surface area contributed by atoms with Crippen molar-refractivity contribution in [3.05, 3.63) is 0 Å². The second-order valence-corrected chi connectivity index (χ2v) is 5.35. The Hall–Kier alpha value is -0.900. The Bertz CT molecular complexity index is 317. The molecule has 1 aliphatic carbocycles. The third-order valence-corrected chi connectivity index (χ3v) is 4.18. The van der Waals surface area contributed by atoms with E-state index in [-0.39, 0.29) is 17.9 Å². The fourth-order valence-electron chi connectivity index (χ4n) is 2.98. The molecule has 0 aromatic carbocycles. The summed E-state index contributed by atoms with van der Waals surface area (Å²) in [6.45, 7) is 2.23. The van der Waals surface area contributed by atoms with Crippen LogP contribution in [0.1, 0.15) is 45.4 Å². The minimum Gasteiger partial charge on any atom is -0.303 e. The zero-order chi connectivity index (χ0) is 12.4. The molecule has 2 fully saturated rings. The molecule has 0 aromatic rings. The molecule has 1 saturated heterocycles. The summed E-state index contributed by atoms with van der Waals surface area (Å²) in [5.41, 5.74) is 0. The van der Waals surface area contributed by atoms with E-state index in [1.807, 2.05) is 0 Å². The third kappa shape index (κ3) is 2.68. The zero-order valence-corrected chi connectivity index (χ0v) is 10.7. The quantitative estimate of drug-likeness (QED) is 0.754. The second-order valence-electron chi connectivity index (χ2n) is 5.35. The minimum atomic E-state index is -0.270. The van der Waals surface area contributed by atoms with E-state index in [2.05, 4.69) is 12.2 Å². The number of carbonyl (C=O) groups is 2. The zero-order valence-electron chi connectivity index (χ0n) is 10.7. The highest BCUT2D eigenvalue weighted by Crippen LogP contribution is 2.27. The van der Waals surface area contributed by atoms with Crippen LogP contribution in [0.2, 0.25) is 0 Å². The van der Waals surface area contributed by atoms with Gasteiger partial charge in [0.05, 0.1) is 12.5 Å². The van der Waals surface area contributed by atoms with Crippen LogP contribution in [0.5, 0.6) is 0 Å². The van der Waals surface area contributed by atoms with Crippen LogP contribution >= 0.6 is 0 Å². The fraction of sp³-hybridized carbons (Fsp3) is 0.846. The van der Waals surface area contributed by atoms with Crippen molar-refractivity contribution < 1.29 is 9.59 Å². The number of likely N-dealkylation sites (N-methyl/N-ethyl adjacent to an activating group) is 1. The molecule has 0 bridgehead atoms. The number of amides is 2. The molecule has 2 rings (SSSR count). The summed E-state index contributed by atoms with van der Waals surface area (Å²) in [6, 6.07) is 0.148. The first kappa shape index (κ1) is 12.6. The van der Waals surface area contributed by atoms with Crippen molar-refractivity contribution >= 4 is 11.8 Å². The van der Waals surface area contributed by atoms with Gasteiger partial charge in [-0.05, 0) is 18.8 Å². The number of carbonyl (C=O) groups excluding carboxylic acids is 2. The van der Waals surface area contributed by atoms with Gasteiger partial charge < -0.3 is 5.32 Å². The van der Waals surface area contributed by atoms with E-state index in [0.29, 0.717) is 12.5 Å². The first-order valence-electron chi connectivity index (χ1n) is 6.68. The highest BCUT2D eigenvalue weighted by atomic mass is 16.2. The molecular formula is C13H22N2O2. The van der Waals surface area contributed by atoms with Crippen molar-refractivity contribution in [3.8, 4) is 0 Å². The van der Waals surface area contributed by atoms with Crippen LogP contribution in [0.4, 0.5) is 0 Å². The van der Waals surface area contributed by atoms with Crippen LogP contribution in [-0.4, -0.2) is 35.8 Å². The SMILES string of the molecule is CCC1CCCC(NC2CC(=O)N(C)C2=O)C1. The molecule has 1 aliphatic heterocycles. The summed E-state index contributed by atoms with van der Waals surface area (Å²) in [4.78, 5) is 24.5. The molecule has 0 aromatic heterocycles. The molecule has 1 saturated carbocycles. The molecule has 1 N–H and O–H groups in total. The van der Waals surface area contributed by atoms with Gasteiger partial charge in [-0.2, -0.15) is 0 Å². The number of nitrogens with zero attached hydrogens (tertiary/aromatic N) is 1. The van der Waals surface area contributed by atoms with Gasteiger partial charge in [0.15, 0.2) is 0 Å². The van der Waals surface area contributed by atoms with Crippen LogP contribution < -0.4 is 5.32 Å². The topological polar surface area (TPSA) is 49.4 Å². The summed E-state index contributed by atoms with van der Waals surface area (Å²) >= 11 is 0. The number of nitrogens with one attached hydrogen (secondary N) is 1. The monoisotopic (exact) mass is 238 g/mol. The van der Waals surface area contributed by atoms with E-state index in [1.54, 1.807) is 7.05 Å². The van der Waals surface area contributed by atoms with Gasteiger partial charge in [-0.15, -0.1) is 0 Å². The first-order valence-corrected chi connectivity index (χ1v) is 6.68. The van der Waals surface area contributed by atoms with E-state index in [4.69, 9.17) is 0 Å². The van der Waals surface area contributed by atoms with Crippen molar-refractivity contribution in [1.29, 1.82) is 0 Å². The van der Waals surface area contributed by atoms with Crippen LogP contribution in [0.15, 0.2) is 0 Å². The Balaban J connectivity index is 1.89. The lowest BCUT2D eigenvalue weighted by Crippen LogP contribution is -2.44. The molecule has 17 heavy (non-hydrogen) atoms. The van der Waals surface area contributed by atoms with Gasteiger partial charge in [-0.3, -0.25) is 14.5 Å². The Labute approximate surface area is 103 Å². The van der Waals surface area contributed by atoms with Gasteiger partial charge in [0, 0.05) is 13.1 Å². The molecule has 0 radical (unpaired) electrons. The fourth-order valence-corrected chi connectivity index (χ4v) is 2.98. The Kier molecular flexibility index (Phi) is 3.82. The maximum absolute atomic E-state index is 11.8. The standard InChI is InChI=1S/C13H22N2O2/c1-3-9-5-4-6-10(7-9)14-11-8-12(16)15(2)13(11)17/h9-11,14H,3-8H2,1-2H3. The lowest BCUT2D eigenvalue weighted by atomic mass is 9.84. The van der Waals surface area contributed by atoms with Crippen molar-refractivity contribution in [1.82, 2.24) is 10.2 Å². The van der Waals surface area contributed by atoms with E-state index in [9.17, 15) is 9.59 Å². The third-order valence-electron chi connectivity index (χ3n) is 4.18. The second kappa shape index (κ2) is 5.17. The predicted octanol–water partition coefficient (Wildman–Crippen LogP) is 1.30. The predicted molar refractivity (Wildman–Crippen MR) is 65.4 cm³/mol. The van der Waals surface area contributed by atoms with Gasteiger partial charge in [-0.1, -0.05) is 26.2 Å². The largest absolute Gasteiger partial charge is 0.303 e. The summed E-state index contributed by atoms with van der Waals surface area (Å²) in [5.74, 6) is 0.662. The van der Waals surface area contributed by atoms with Gasteiger partial charge >= 0.3 is 0 Å². The molecule has 2 aliphatic rings.